The number of aryl methyl sites for hydroxylation is 1. The number of aliphatic carboxylic acids is 1. The third-order valence-corrected chi connectivity index (χ3v) is 2.75. The molecule has 20 heavy (non-hydrogen) atoms. The summed E-state index contributed by atoms with van der Waals surface area (Å²) in [6.07, 6.45) is 2.56. The second kappa shape index (κ2) is 6.89. The second-order valence-electron chi connectivity index (χ2n) is 5.38. The molecule has 0 fully saturated rings. The number of hydrogen-bond acceptors (Lipinski definition) is 2. The third-order valence-electron chi connectivity index (χ3n) is 2.75. The van der Waals surface area contributed by atoms with E-state index in [9.17, 15) is 9.59 Å². The molecule has 108 valence electrons. The highest BCUT2D eigenvalue weighted by Crippen LogP contribution is 2.14. The lowest BCUT2D eigenvalue weighted by Gasteiger charge is -2.19. The smallest absolute Gasteiger partial charge is 0.328 e. The first kappa shape index (κ1) is 16.0. The lowest BCUT2D eigenvalue weighted by Crippen LogP contribution is -2.30. The van der Waals surface area contributed by atoms with Crippen LogP contribution < -0.4 is 0 Å². The molecule has 0 radical (unpaired) electrons. The van der Waals surface area contributed by atoms with Gasteiger partial charge in [0.25, 0.3) is 5.91 Å². The van der Waals surface area contributed by atoms with Crippen LogP contribution in [0.25, 0.3) is 6.08 Å². The molecule has 0 aliphatic heterocycles. The largest absolute Gasteiger partial charge is 0.478 e. The van der Waals surface area contributed by atoms with E-state index >= 15 is 0 Å². The van der Waals surface area contributed by atoms with E-state index in [0.29, 0.717) is 23.6 Å². The van der Waals surface area contributed by atoms with Crippen molar-refractivity contribution in [1.29, 1.82) is 0 Å². The van der Waals surface area contributed by atoms with Crippen molar-refractivity contribution in [2.45, 2.75) is 20.8 Å². The van der Waals surface area contributed by atoms with Gasteiger partial charge in [-0.25, -0.2) is 4.79 Å². The molecule has 0 saturated carbocycles. The Labute approximate surface area is 119 Å². The Balaban J connectivity index is 3.00. The van der Waals surface area contributed by atoms with Gasteiger partial charge in [-0.1, -0.05) is 19.9 Å². The topological polar surface area (TPSA) is 57.6 Å². The highest BCUT2D eigenvalue weighted by atomic mass is 16.4. The van der Waals surface area contributed by atoms with E-state index in [0.717, 1.165) is 11.6 Å². The fraction of sp³-hybridized carbons (Fsp3) is 0.375. The average Bonchev–Trinajstić information content (AvgIpc) is 2.34. The van der Waals surface area contributed by atoms with Gasteiger partial charge in [0.1, 0.15) is 0 Å². The van der Waals surface area contributed by atoms with Gasteiger partial charge in [0.05, 0.1) is 0 Å². The van der Waals surface area contributed by atoms with Gasteiger partial charge in [0, 0.05) is 25.2 Å². The highest BCUT2D eigenvalue weighted by molar-refractivity contribution is 5.95. The second-order valence-corrected chi connectivity index (χ2v) is 5.38. The Bertz CT molecular complexity index is 533. The van der Waals surface area contributed by atoms with Crippen LogP contribution in [0.1, 0.15) is 35.3 Å². The molecule has 0 atom stereocenters. The Kier molecular flexibility index (Phi) is 5.50. The maximum absolute atomic E-state index is 12.3. The van der Waals surface area contributed by atoms with E-state index in [1.165, 1.54) is 6.08 Å². The zero-order valence-electron chi connectivity index (χ0n) is 12.4. The molecule has 0 aromatic heterocycles. The van der Waals surface area contributed by atoms with Gasteiger partial charge in [-0.15, -0.1) is 0 Å². The average molecular weight is 275 g/mol. The van der Waals surface area contributed by atoms with Crippen LogP contribution in [-0.4, -0.2) is 35.5 Å². The number of amides is 1. The van der Waals surface area contributed by atoms with Crippen molar-refractivity contribution in [2.24, 2.45) is 5.92 Å². The molecule has 0 unspecified atom stereocenters. The number of carbonyl (C=O) groups excluding carboxylic acids is 1. The number of carboxylic acid groups (broad SMARTS) is 1. The molecule has 0 spiro atoms. The van der Waals surface area contributed by atoms with Crippen LogP contribution in [-0.2, 0) is 4.79 Å². The van der Waals surface area contributed by atoms with Gasteiger partial charge in [-0.3, -0.25) is 4.79 Å². The van der Waals surface area contributed by atoms with Crippen LogP contribution in [0, 0.1) is 12.8 Å². The van der Waals surface area contributed by atoms with Crippen molar-refractivity contribution in [2.75, 3.05) is 13.6 Å². The zero-order chi connectivity index (χ0) is 15.3. The van der Waals surface area contributed by atoms with Gasteiger partial charge in [0.2, 0.25) is 0 Å². The van der Waals surface area contributed by atoms with Crippen molar-refractivity contribution in [1.82, 2.24) is 4.90 Å². The monoisotopic (exact) mass is 275 g/mol. The van der Waals surface area contributed by atoms with E-state index in [1.807, 2.05) is 19.1 Å². The first-order valence-corrected chi connectivity index (χ1v) is 6.57. The molecule has 0 aliphatic carbocycles. The number of carboxylic acids is 1. The lowest BCUT2D eigenvalue weighted by molar-refractivity contribution is -0.131. The van der Waals surface area contributed by atoms with Crippen LogP contribution in [0.4, 0.5) is 0 Å². The fourth-order valence-corrected chi connectivity index (χ4v) is 2.05. The predicted octanol–water partition coefficient (Wildman–Crippen LogP) is 2.82. The van der Waals surface area contributed by atoms with Crippen molar-refractivity contribution in [3.8, 4) is 0 Å². The summed E-state index contributed by atoms with van der Waals surface area (Å²) in [7, 11) is 1.78. The van der Waals surface area contributed by atoms with Crippen LogP contribution >= 0.6 is 0 Å². The normalized spacial score (nSPS) is 11.1. The van der Waals surface area contributed by atoms with Crippen LogP contribution in [0.3, 0.4) is 0 Å². The SMILES string of the molecule is Cc1cc(/C=C/C(=O)O)cc(C(=O)N(C)CC(C)C)c1. The zero-order valence-corrected chi connectivity index (χ0v) is 12.4. The molecule has 1 rings (SSSR count). The Hall–Kier alpha value is -2.10. The summed E-state index contributed by atoms with van der Waals surface area (Å²) in [6.45, 7) is 6.69. The van der Waals surface area contributed by atoms with Gasteiger partial charge < -0.3 is 10.0 Å². The van der Waals surface area contributed by atoms with Gasteiger partial charge in [-0.2, -0.15) is 0 Å². The van der Waals surface area contributed by atoms with Gasteiger partial charge in [0.15, 0.2) is 0 Å². The summed E-state index contributed by atoms with van der Waals surface area (Å²) in [5.74, 6) is -0.649. The summed E-state index contributed by atoms with van der Waals surface area (Å²) in [5.41, 5.74) is 2.23. The van der Waals surface area contributed by atoms with Crippen molar-refractivity contribution >= 4 is 18.0 Å². The molecule has 1 aromatic carbocycles. The van der Waals surface area contributed by atoms with Crippen LogP contribution in [0.5, 0.6) is 0 Å². The summed E-state index contributed by atoms with van der Waals surface area (Å²) in [4.78, 5) is 24.5. The Morgan fingerprint density at radius 3 is 2.50 bits per heavy atom. The fourth-order valence-electron chi connectivity index (χ4n) is 2.05. The molecule has 0 bridgehead atoms. The van der Waals surface area contributed by atoms with E-state index in [1.54, 1.807) is 18.0 Å². The Morgan fingerprint density at radius 1 is 1.30 bits per heavy atom. The maximum atomic E-state index is 12.3. The molecule has 1 aromatic rings. The molecule has 4 nitrogen and oxygen atoms in total. The molecule has 1 amide bonds. The number of hydrogen-bond donors (Lipinski definition) is 1. The van der Waals surface area contributed by atoms with E-state index < -0.39 is 5.97 Å². The Morgan fingerprint density at radius 2 is 1.95 bits per heavy atom. The van der Waals surface area contributed by atoms with Crippen molar-refractivity contribution in [3.05, 3.63) is 41.0 Å². The first-order valence-electron chi connectivity index (χ1n) is 6.57. The van der Waals surface area contributed by atoms with Crippen LogP contribution in [0.2, 0.25) is 0 Å². The molecular formula is C16H21NO3. The quantitative estimate of drug-likeness (QED) is 0.841. The van der Waals surface area contributed by atoms with Gasteiger partial charge in [-0.05, 0) is 42.2 Å². The summed E-state index contributed by atoms with van der Waals surface area (Å²) >= 11 is 0. The summed E-state index contributed by atoms with van der Waals surface area (Å²) < 4.78 is 0. The molecule has 1 N–H and O–H groups in total. The molecule has 0 saturated heterocycles. The molecular weight excluding hydrogens is 254 g/mol. The van der Waals surface area contributed by atoms with Crippen molar-refractivity contribution in [3.63, 3.8) is 0 Å². The van der Waals surface area contributed by atoms with E-state index in [4.69, 9.17) is 5.11 Å². The van der Waals surface area contributed by atoms with E-state index in [-0.39, 0.29) is 5.91 Å². The summed E-state index contributed by atoms with van der Waals surface area (Å²) in [6, 6.07) is 5.38. The highest BCUT2D eigenvalue weighted by Gasteiger charge is 2.13. The molecule has 0 aliphatic rings. The summed E-state index contributed by atoms with van der Waals surface area (Å²) in [5, 5.41) is 8.65. The number of benzene rings is 1. The van der Waals surface area contributed by atoms with Crippen molar-refractivity contribution < 1.29 is 14.7 Å². The van der Waals surface area contributed by atoms with Gasteiger partial charge >= 0.3 is 5.97 Å². The molecule has 0 heterocycles. The third kappa shape index (κ3) is 4.88. The number of nitrogens with zero attached hydrogens (tertiary/aromatic N) is 1. The lowest BCUT2D eigenvalue weighted by atomic mass is 10.0. The van der Waals surface area contributed by atoms with Crippen LogP contribution in [0.15, 0.2) is 24.3 Å². The number of rotatable bonds is 5. The maximum Gasteiger partial charge on any atom is 0.328 e. The molecule has 4 heteroatoms. The minimum atomic E-state index is -1.00. The minimum Gasteiger partial charge on any atom is -0.478 e. The number of carbonyl (C=O) groups is 2. The predicted molar refractivity (Wildman–Crippen MR) is 79.6 cm³/mol. The van der Waals surface area contributed by atoms with E-state index in [2.05, 4.69) is 13.8 Å². The minimum absolute atomic E-state index is 0.0487. The standard InChI is InChI=1S/C16H21NO3/c1-11(2)10-17(4)16(20)14-8-12(3)7-13(9-14)5-6-15(18)19/h5-9,11H,10H2,1-4H3,(H,18,19)/b6-5+. The first-order chi connectivity index (χ1) is 9.29.